The molecule has 0 N–H and O–H groups in total. The van der Waals surface area contributed by atoms with Gasteiger partial charge < -0.3 is 0 Å². The van der Waals surface area contributed by atoms with E-state index in [0.29, 0.717) is 6.42 Å². The number of hydrogen-bond acceptors (Lipinski definition) is 2. The molecule has 0 unspecified atom stereocenters. The molecule has 0 radical (unpaired) electrons. The summed E-state index contributed by atoms with van der Waals surface area (Å²) in [4.78, 5) is 11.0. The maximum Gasteiger partial charge on any atom is 0.134 e. The van der Waals surface area contributed by atoms with Crippen molar-refractivity contribution in [2.45, 2.75) is 13.3 Å². The van der Waals surface area contributed by atoms with Gasteiger partial charge in [-0.05, 0) is 46.6 Å². The van der Waals surface area contributed by atoms with Crippen LogP contribution in [0.5, 0.6) is 0 Å². The molecular weight excluding hydrogens is 268 g/mol. The van der Waals surface area contributed by atoms with E-state index in [1.165, 1.54) is 0 Å². The maximum absolute atomic E-state index is 11.0. The van der Waals surface area contributed by atoms with Crippen LogP contribution < -0.4 is 0 Å². The van der Waals surface area contributed by atoms with Gasteiger partial charge in [0.15, 0.2) is 0 Å². The molecular formula is C12H11BrN2O. The first-order valence-corrected chi connectivity index (χ1v) is 5.74. The first-order chi connectivity index (χ1) is 7.66. The Labute approximate surface area is 102 Å². The van der Waals surface area contributed by atoms with Gasteiger partial charge in [0, 0.05) is 23.3 Å². The van der Waals surface area contributed by atoms with Gasteiger partial charge in [-0.25, -0.2) is 4.68 Å². The highest BCUT2D eigenvalue weighted by molar-refractivity contribution is 9.10. The van der Waals surface area contributed by atoms with Crippen molar-refractivity contribution in [3.05, 3.63) is 46.7 Å². The number of hydrogen-bond donors (Lipinski definition) is 0. The molecule has 3 nitrogen and oxygen atoms in total. The van der Waals surface area contributed by atoms with E-state index in [2.05, 4.69) is 21.0 Å². The summed E-state index contributed by atoms with van der Waals surface area (Å²) >= 11 is 3.49. The highest BCUT2D eigenvalue weighted by atomic mass is 79.9. The van der Waals surface area contributed by atoms with Crippen molar-refractivity contribution in [2.75, 3.05) is 0 Å². The minimum Gasteiger partial charge on any atom is -0.300 e. The van der Waals surface area contributed by atoms with Crippen LogP contribution in [0.4, 0.5) is 0 Å². The van der Waals surface area contributed by atoms with E-state index in [-0.39, 0.29) is 5.78 Å². The third kappa shape index (κ3) is 2.39. The molecule has 0 fully saturated rings. The van der Waals surface area contributed by atoms with E-state index in [9.17, 15) is 4.79 Å². The molecule has 1 aromatic heterocycles. The SMILES string of the molecule is CC(=O)Cc1ccc(-n2cccn2)c(Br)c1. The van der Waals surface area contributed by atoms with E-state index < -0.39 is 0 Å². The van der Waals surface area contributed by atoms with Crippen LogP contribution in [0, 0.1) is 0 Å². The molecule has 2 aromatic rings. The van der Waals surface area contributed by atoms with Crippen LogP contribution in [0.1, 0.15) is 12.5 Å². The summed E-state index contributed by atoms with van der Waals surface area (Å²) in [6.07, 6.45) is 4.08. The Morgan fingerprint density at radius 1 is 1.50 bits per heavy atom. The lowest BCUT2D eigenvalue weighted by Crippen LogP contribution is -1.99. The molecule has 0 aliphatic heterocycles. The second-order valence-corrected chi connectivity index (χ2v) is 4.47. The fourth-order valence-corrected chi connectivity index (χ4v) is 2.15. The summed E-state index contributed by atoms with van der Waals surface area (Å²) < 4.78 is 2.72. The zero-order valence-corrected chi connectivity index (χ0v) is 10.4. The number of Topliss-reactive ketones (excluding diaryl/α,β-unsaturated/α-hetero) is 1. The number of benzene rings is 1. The van der Waals surface area contributed by atoms with Crippen LogP contribution in [0.3, 0.4) is 0 Å². The minimum atomic E-state index is 0.165. The number of aromatic nitrogens is 2. The van der Waals surface area contributed by atoms with Crippen LogP contribution in [-0.4, -0.2) is 15.6 Å². The van der Waals surface area contributed by atoms with Gasteiger partial charge >= 0.3 is 0 Å². The topological polar surface area (TPSA) is 34.9 Å². The standard InChI is InChI=1S/C12H11BrN2O/c1-9(16)7-10-3-4-12(11(13)8-10)15-6-2-5-14-15/h2-6,8H,7H2,1H3. The Bertz CT molecular complexity index is 506. The molecule has 2 rings (SSSR count). The number of halogens is 1. The van der Waals surface area contributed by atoms with Gasteiger partial charge in [-0.2, -0.15) is 5.10 Å². The van der Waals surface area contributed by atoms with E-state index in [1.54, 1.807) is 17.8 Å². The van der Waals surface area contributed by atoms with E-state index >= 15 is 0 Å². The van der Waals surface area contributed by atoms with Crippen molar-refractivity contribution >= 4 is 21.7 Å². The summed E-state index contributed by atoms with van der Waals surface area (Å²) in [6, 6.07) is 7.73. The number of carbonyl (C=O) groups excluding carboxylic acids is 1. The highest BCUT2D eigenvalue weighted by Crippen LogP contribution is 2.22. The average Bonchev–Trinajstić information content (AvgIpc) is 2.69. The van der Waals surface area contributed by atoms with Crippen LogP contribution in [0.15, 0.2) is 41.1 Å². The van der Waals surface area contributed by atoms with Crippen molar-refractivity contribution in [3.8, 4) is 5.69 Å². The number of rotatable bonds is 3. The summed E-state index contributed by atoms with van der Waals surface area (Å²) in [5, 5.41) is 4.16. The fraction of sp³-hybridized carbons (Fsp3) is 0.167. The number of nitrogens with zero attached hydrogens (tertiary/aromatic N) is 2. The number of carbonyl (C=O) groups is 1. The Morgan fingerprint density at radius 3 is 2.88 bits per heavy atom. The maximum atomic E-state index is 11.0. The Hall–Kier alpha value is -1.42. The molecule has 4 heteroatoms. The molecule has 0 amide bonds. The molecule has 0 aliphatic rings. The van der Waals surface area contributed by atoms with Crippen molar-refractivity contribution in [1.29, 1.82) is 0 Å². The molecule has 0 saturated carbocycles. The zero-order valence-electron chi connectivity index (χ0n) is 8.85. The third-order valence-corrected chi connectivity index (χ3v) is 2.85. The lowest BCUT2D eigenvalue weighted by Gasteiger charge is -2.06. The molecule has 0 aliphatic carbocycles. The minimum absolute atomic E-state index is 0.165. The molecule has 16 heavy (non-hydrogen) atoms. The third-order valence-electron chi connectivity index (χ3n) is 2.22. The molecule has 0 atom stereocenters. The highest BCUT2D eigenvalue weighted by Gasteiger charge is 2.05. The quantitative estimate of drug-likeness (QED) is 0.866. The molecule has 82 valence electrons. The average molecular weight is 279 g/mol. The largest absolute Gasteiger partial charge is 0.300 e. The van der Waals surface area contributed by atoms with Gasteiger partial charge in [0.1, 0.15) is 5.78 Å². The predicted molar refractivity (Wildman–Crippen MR) is 65.6 cm³/mol. The summed E-state index contributed by atoms with van der Waals surface area (Å²) in [5.41, 5.74) is 1.98. The summed E-state index contributed by atoms with van der Waals surface area (Å²) in [5.74, 6) is 0.165. The lowest BCUT2D eigenvalue weighted by atomic mass is 10.1. The monoisotopic (exact) mass is 278 g/mol. The lowest BCUT2D eigenvalue weighted by molar-refractivity contribution is -0.116. The van der Waals surface area contributed by atoms with Crippen molar-refractivity contribution in [2.24, 2.45) is 0 Å². The van der Waals surface area contributed by atoms with E-state index in [1.807, 2.05) is 30.5 Å². The first kappa shape index (κ1) is 11.1. The smallest absolute Gasteiger partial charge is 0.134 e. The second-order valence-electron chi connectivity index (χ2n) is 3.62. The normalized spacial score (nSPS) is 10.4. The van der Waals surface area contributed by atoms with E-state index in [0.717, 1.165) is 15.7 Å². The van der Waals surface area contributed by atoms with Gasteiger partial charge in [-0.1, -0.05) is 6.07 Å². The molecule has 0 bridgehead atoms. The summed E-state index contributed by atoms with van der Waals surface area (Å²) in [7, 11) is 0. The zero-order chi connectivity index (χ0) is 11.5. The van der Waals surface area contributed by atoms with Crippen molar-refractivity contribution < 1.29 is 4.79 Å². The Morgan fingerprint density at radius 2 is 2.31 bits per heavy atom. The Balaban J connectivity index is 2.34. The second kappa shape index (κ2) is 4.61. The van der Waals surface area contributed by atoms with Crippen LogP contribution in [0.2, 0.25) is 0 Å². The Kier molecular flexibility index (Phi) is 3.19. The first-order valence-electron chi connectivity index (χ1n) is 4.94. The van der Waals surface area contributed by atoms with Gasteiger partial charge in [0.05, 0.1) is 5.69 Å². The van der Waals surface area contributed by atoms with Gasteiger partial charge in [0.25, 0.3) is 0 Å². The summed E-state index contributed by atoms with van der Waals surface area (Å²) in [6.45, 7) is 1.59. The molecule has 1 aromatic carbocycles. The van der Waals surface area contributed by atoms with Crippen LogP contribution >= 0.6 is 15.9 Å². The number of ketones is 1. The van der Waals surface area contributed by atoms with Gasteiger partial charge in [-0.15, -0.1) is 0 Å². The van der Waals surface area contributed by atoms with Gasteiger partial charge in [-0.3, -0.25) is 4.79 Å². The van der Waals surface area contributed by atoms with Crippen molar-refractivity contribution in [1.82, 2.24) is 9.78 Å². The van der Waals surface area contributed by atoms with E-state index in [4.69, 9.17) is 0 Å². The fourth-order valence-electron chi connectivity index (χ4n) is 1.54. The van der Waals surface area contributed by atoms with Gasteiger partial charge in [0.2, 0.25) is 0 Å². The molecule has 0 spiro atoms. The molecule has 1 heterocycles. The van der Waals surface area contributed by atoms with Crippen LogP contribution in [0.25, 0.3) is 5.69 Å². The predicted octanol–water partition coefficient (Wildman–Crippen LogP) is 2.77. The van der Waals surface area contributed by atoms with Crippen molar-refractivity contribution in [3.63, 3.8) is 0 Å². The molecule has 0 saturated heterocycles. The van der Waals surface area contributed by atoms with Crippen LogP contribution in [-0.2, 0) is 11.2 Å².